The first-order valence-corrected chi connectivity index (χ1v) is 8.91. The summed E-state index contributed by atoms with van der Waals surface area (Å²) in [5.74, 6) is 0.121. The molecule has 0 aliphatic carbocycles. The monoisotopic (exact) mass is 355 g/mol. The van der Waals surface area contributed by atoms with Crippen LogP contribution in [0.1, 0.15) is 21.6 Å². The highest BCUT2D eigenvalue weighted by molar-refractivity contribution is 7.98. The molecule has 0 amide bonds. The van der Waals surface area contributed by atoms with Gasteiger partial charge in [0.15, 0.2) is 0 Å². The maximum atomic E-state index is 11.7. The average Bonchev–Trinajstić information content (AvgIpc) is 3.09. The van der Waals surface area contributed by atoms with E-state index < -0.39 is 5.97 Å². The summed E-state index contributed by atoms with van der Waals surface area (Å²) < 4.78 is 10.3. The van der Waals surface area contributed by atoms with Gasteiger partial charge in [-0.25, -0.2) is 9.78 Å². The first kappa shape index (κ1) is 17.0. The zero-order chi connectivity index (χ0) is 17.8. The van der Waals surface area contributed by atoms with Crippen molar-refractivity contribution in [3.63, 3.8) is 0 Å². The maximum Gasteiger partial charge on any atom is 0.356 e. The smallest absolute Gasteiger partial charge is 0.356 e. The van der Waals surface area contributed by atoms with Gasteiger partial charge < -0.3 is 14.5 Å². The lowest BCUT2D eigenvalue weighted by molar-refractivity contribution is 0.0594. The highest BCUT2D eigenvalue weighted by Gasteiger charge is 2.18. The fourth-order valence-electron chi connectivity index (χ4n) is 2.48. The molecule has 0 bridgehead atoms. The van der Waals surface area contributed by atoms with E-state index in [0.29, 0.717) is 22.7 Å². The number of carbonyl (C=O) groups excluding carboxylic acids is 1. The molecule has 0 spiro atoms. The zero-order valence-electron chi connectivity index (χ0n) is 13.8. The summed E-state index contributed by atoms with van der Waals surface area (Å²) in [5, 5.41) is 12.7. The van der Waals surface area contributed by atoms with Crippen LogP contribution in [0.3, 0.4) is 0 Å². The van der Waals surface area contributed by atoms with Crippen molar-refractivity contribution in [1.29, 1.82) is 5.41 Å². The molecule has 25 heavy (non-hydrogen) atoms. The number of hydrogen-bond acceptors (Lipinski definition) is 7. The quantitative estimate of drug-likeness (QED) is 0.398. The highest BCUT2D eigenvalue weighted by atomic mass is 32.2. The number of hydrogen-bond donors (Lipinski definition) is 2. The van der Waals surface area contributed by atoms with Crippen LogP contribution >= 0.6 is 11.8 Å². The maximum absolute atomic E-state index is 11.7. The molecule has 0 unspecified atom stereocenters. The van der Waals surface area contributed by atoms with Crippen molar-refractivity contribution in [1.82, 2.24) is 4.98 Å². The van der Waals surface area contributed by atoms with Crippen LogP contribution in [0.25, 0.3) is 11.0 Å². The van der Waals surface area contributed by atoms with Crippen LogP contribution in [-0.4, -0.2) is 35.9 Å². The van der Waals surface area contributed by atoms with Crippen LogP contribution in [-0.2, 0) is 4.74 Å². The van der Waals surface area contributed by atoms with E-state index in [1.807, 2.05) is 30.5 Å². The molecule has 0 atom stereocenters. The van der Waals surface area contributed by atoms with Gasteiger partial charge in [0.1, 0.15) is 17.5 Å². The van der Waals surface area contributed by atoms with E-state index in [4.69, 9.17) is 14.6 Å². The predicted octanol–water partition coefficient (Wildman–Crippen LogP) is 3.76. The summed E-state index contributed by atoms with van der Waals surface area (Å²) >= 11 is 1.60. The number of esters is 1. The molecule has 0 aliphatic heterocycles. The van der Waals surface area contributed by atoms with E-state index in [-0.39, 0.29) is 11.4 Å². The number of nitrogens with one attached hydrogen (secondary N) is 2. The van der Waals surface area contributed by atoms with Crippen LogP contribution in [0.5, 0.6) is 0 Å². The second-order valence-corrected chi connectivity index (χ2v) is 6.10. The number of furan rings is 1. The molecule has 0 saturated carbocycles. The molecule has 2 aromatic heterocycles. The Kier molecular flexibility index (Phi) is 5.04. The molecule has 0 saturated heterocycles. The van der Waals surface area contributed by atoms with Gasteiger partial charge in [-0.1, -0.05) is 18.2 Å². The number of benzene rings is 1. The summed E-state index contributed by atoms with van der Waals surface area (Å²) in [6, 6.07) is 9.16. The minimum Gasteiger partial charge on any atom is -0.464 e. The van der Waals surface area contributed by atoms with Gasteiger partial charge in [-0.3, -0.25) is 5.41 Å². The number of aromatic nitrogens is 1. The molecular formula is C18H17N3O3S. The van der Waals surface area contributed by atoms with Crippen molar-refractivity contribution < 1.29 is 13.9 Å². The molecule has 2 N–H and O–H groups in total. The Bertz CT molecular complexity index is 936. The number of thioether (sulfide) groups is 1. The Morgan fingerprint density at radius 2 is 2.16 bits per heavy atom. The van der Waals surface area contributed by atoms with Crippen LogP contribution in [0.2, 0.25) is 0 Å². The van der Waals surface area contributed by atoms with Crippen LogP contribution in [0.4, 0.5) is 5.69 Å². The average molecular weight is 355 g/mol. The number of carbonyl (C=O) groups is 1. The first-order valence-electron chi connectivity index (χ1n) is 7.52. The Hall–Kier alpha value is -2.80. The van der Waals surface area contributed by atoms with Crippen molar-refractivity contribution >= 4 is 40.1 Å². The molecule has 0 fully saturated rings. The molecule has 2 heterocycles. The SMILES string of the molecule is COC(=O)c1cc(NCSC)c(C(=N)c2coc3ccccc23)cn1. The molecule has 3 rings (SSSR count). The van der Waals surface area contributed by atoms with Crippen LogP contribution in [0, 0.1) is 5.41 Å². The fraction of sp³-hybridized carbons (Fsp3) is 0.167. The summed E-state index contributed by atoms with van der Waals surface area (Å²) in [6.07, 6.45) is 5.04. The topological polar surface area (TPSA) is 88.2 Å². The van der Waals surface area contributed by atoms with Gasteiger partial charge in [-0.2, -0.15) is 0 Å². The second-order valence-electron chi connectivity index (χ2n) is 5.24. The molecule has 128 valence electrons. The van der Waals surface area contributed by atoms with Gasteiger partial charge >= 0.3 is 5.97 Å². The molecular weight excluding hydrogens is 338 g/mol. The number of pyridine rings is 1. The van der Waals surface area contributed by atoms with E-state index in [1.165, 1.54) is 13.3 Å². The van der Waals surface area contributed by atoms with Crippen molar-refractivity contribution in [2.24, 2.45) is 0 Å². The Morgan fingerprint density at radius 3 is 2.92 bits per heavy atom. The summed E-state index contributed by atoms with van der Waals surface area (Å²) in [5.41, 5.74) is 3.11. The van der Waals surface area contributed by atoms with Crippen molar-refractivity contribution in [3.8, 4) is 0 Å². The lowest BCUT2D eigenvalue weighted by Crippen LogP contribution is -2.12. The number of anilines is 1. The van der Waals surface area contributed by atoms with E-state index >= 15 is 0 Å². The zero-order valence-corrected chi connectivity index (χ0v) is 14.6. The van der Waals surface area contributed by atoms with E-state index in [1.54, 1.807) is 24.1 Å². The third kappa shape index (κ3) is 3.36. The van der Waals surface area contributed by atoms with Gasteiger partial charge in [0.2, 0.25) is 0 Å². The van der Waals surface area contributed by atoms with E-state index in [0.717, 1.165) is 11.0 Å². The Balaban J connectivity index is 2.05. The van der Waals surface area contributed by atoms with Gasteiger partial charge in [0.25, 0.3) is 0 Å². The number of nitrogens with zero attached hydrogens (tertiary/aromatic N) is 1. The van der Waals surface area contributed by atoms with Gasteiger partial charge in [0, 0.05) is 28.4 Å². The molecule has 3 aromatic rings. The highest BCUT2D eigenvalue weighted by Crippen LogP contribution is 2.26. The standard InChI is InChI=1S/C18H17N3O3S/c1-23-18(22)15-7-14(21-10-25-2)12(8-20-15)17(19)13-9-24-16-6-4-3-5-11(13)16/h3-9,19H,10H2,1-2H3,(H,20,21). The minimum absolute atomic E-state index is 0.194. The van der Waals surface area contributed by atoms with Crippen LogP contribution < -0.4 is 5.32 Å². The number of fused-ring (bicyclic) bond motifs is 1. The van der Waals surface area contributed by atoms with Crippen molar-refractivity contribution in [3.05, 3.63) is 59.6 Å². The van der Waals surface area contributed by atoms with Crippen LogP contribution in [0.15, 0.2) is 47.2 Å². The van der Waals surface area contributed by atoms with Gasteiger partial charge in [0.05, 0.1) is 18.7 Å². The van der Waals surface area contributed by atoms with Gasteiger partial charge in [-0.15, -0.1) is 11.8 Å². The third-order valence-corrected chi connectivity index (χ3v) is 4.16. The lowest BCUT2D eigenvalue weighted by atomic mass is 10.0. The summed E-state index contributed by atoms with van der Waals surface area (Å²) in [7, 11) is 1.31. The molecule has 0 radical (unpaired) electrons. The van der Waals surface area contributed by atoms with E-state index in [9.17, 15) is 4.79 Å². The third-order valence-electron chi connectivity index (χ3n) is 3.73. The first-order chi connectivity index (χ1) is 12.2. The number of rotatable bonds is 6. The largest absolute Gasteiger partial charge is 0.464 e. The summed E-state index contributed by atoms with van der Waals surface area (Å²) in [4.78, 5) is 15.9. The molecule has 1 aromatic carbocycles. The normalized spacial score (nSPS) is 10.6. The Labute approximate surface area is 149 Å². The van der Waals surface area contributed by atoms with Crippen molar-refractivity contribution in [2.45, 2.75) is 0 Å². The minimum atomic E-state index is -0.515. The molecule has 0 aliphatic rings. The second kappa shape index (κ2) is 7.40. The number of methoxy groups -OCH3 is 1. The van der Waals surface area contributed by atoms with Crippen molar-refractivity contribution in [2.75, 3.05) is 24.6 Å². The summed E-state index contributed by atoms with van der Waals surface area (Å²) in [6.45, 7) is 0. The van der Waals surface area contributed by atoms with Gasteiger partial charge in [-0.05, 0) is 18.4 Å². The van der Waals surface area contributed by atoms with E-state index in [2.05, 4.69) is 10.3 Å². The molecule has 7 heteroatoms. The number of ether oxygens (including phenoxy) is 1. The fourth-order valence-corrected chi connectivity index (χ4v) is 2.78. The lowest BCUT2D eigenvalue weighted by Gasteiger charge is -2.12. The Morgan fingerprint density at radius 1 is 1.36 bits per heavy atom. The number of para-hydroxylation sites is 1. The molecule has 6 nitrogen and oxygen atoms in total. The predicted molar refractivity (Wildman–Crippen MR) is 99.7 cm³/mol.